The van der Waals surface area contributed by atoms with Crippen LogP contribution < -0.4 is 0 Å². The number of hydrogen-bond donors (Lipinski definition) is 0. The summed E-state index contributed by atoms with van der Waals surface area (Å²) in [4.78, 5) is 0. The molecule has 0 aromatic heterocycles. The molecule has 0 spiro atoms. The van der Waals surface area contributed by atoms with Crippen molar-refractivity contribution in [2.24, 2.45) is 0 Å². The lowest BCUT2D eigenvalue weighted by atomic mass is 9.88. The smallest absolute Gasteiger partial charge is 0.137 e. The van der Waals surface area contributed by atoms with Crippen molar-refractivity contribution in [1.82, 2.24) is 0 Å². The van der Waals surface area contributed by atoms with E-state index in [1.807, 2.05) is 30.3 Å². The van der Waals surface area contributed by atoms with E-state index in [2.05, 4.69) is 15.9 Å². The number of hydrogen-bond acceptors (Lipinski definition) is 0. The van der Waals surface area contributed by atoms with Gasteiger partial charge >= 0.3 is 0 Å². The molecular formula is C16H12BrClF2. The second kappa shape index (κ2) is 5.12. The van der Waals surface area contributed by atoms with Gasteiger partial charge in [0.05, 0.1) is 9.85 Å². The van der Waals surface area contributed by atoms with Crippen molar-refractivity contribution in [2.75, 3.05) is 0 Å². The Balaban J connectivity index is 2.01. The van der Waals surface area contributed by atoms with Crippen molar-refractivity contribution in [2.45, 2.75) is 23.6 Å². The van der Waals surface area contributed by atoms with Crippen molar-refractivity contribution in [3.8, 4) is 0 Å². The molecule has 0 saturated heterocycles. The summed E-state index contributed by atoms with van der Waals surface area (Å²) in [5.41, 5.74) is 1.04. The number of benzene rings is 2. The fraction of sp³-hybridized carbons (Fsp3) is 0.250. The maximum Gasteiger partial charge on any atom is 0.137 e. The van der Waals surface area contributed by atoms with E-state index in [1.54, 1.807) is 0 Å². The lowest BCUT2D eigenvalue weighted by molar-refractivity contribution is 0.555. The molecule has 1 saturated carbocycles. The highest BCUT2D eigenvalue weighted by Crippen LogP contribution is 2.59. The Bertz CT molecular complexity index is 638. The van der Waals surface area contributed by atoms with Crippen molar-refractivity contribution in [3.63, 3.8) is 0 Å². The Labute approximate surface area is 129 Å². The highest BCUT2D eigenvalue weighted by atomic mass is 79.9. The van der Waals surface area contributed by atoms with Crippen LogP contribution in [-0.4, -0.2) is 0 Å². The Morgan fingerprint density at radius 3 is 2.30 bits per heavy atom. The largest absolute Gasteiger partial charge is 0.207 e. The van der Waals surface area contributed by atoms with Gasteiger partial charge in [-0.05, 0) is 46.5 Å². The van der Waals surface area contributed by atoms with Crippen LogP contribution in [0.15, 0.2) is 46.9 Å². The third-order valence-corrected chi connectivity index (χ3v) is 5.20. The van der Waals surface area contributed by atoms with E-state index < -0.39 is 17.0 Å². The van der Waals surface area contributed by atoms with E-state index in [4.69, 9.17) is 11.6 Å². The quantitative estimate of drug-likeness (QED) is 0.485. The van der Waals surface area contributed by atoms with Crippen molar-refractivity contribution < 1.29 is 8.78 Å². The van der Waals surface area contributed by atoms with E-state index in [0.29, 0.717) is 0 Å². The molecule has 2 aromatic carbocycles. The Kier molecular flexibility index (Phi) is 3.59. The van der Waals surface area contributed by atoms with E-state index in [-0.39, 0.29) is 15.5 Å². The van der Waals surface area contributed by atoms with Gasteiger partial charge in [0.15, 0.2) is 0 Å². The molecule has 1 atom stereocenters. The maximum atomic E-state index is 14.1. The normalized spacial score (nSPS) is 17.8. The highest BCUT2D eigenvalue weighted by Gasteiger charge is 2.51. The monoisotopic (exact) mass is 356 g/mol. The topological polar surface area (TPSA) is 0 Å². The predicted octanol–water partition coefficient (Wildman–Crippen LogP) is 5.74. The van der Waals surface area contributed by atoms with E-state index >= 15 is 0 Å². The molecule has 1 aliphatic rings. The fourth-order valence-corrected chi connectivity index (χ4v) is 3.45. The van der Waals surface area contributed by atoms with Gasteiger partial charge in [-0.25, -0.2) is 8.78 Å². The Hall–Kier alpha value is -0.930. The van der Waals surface area contributed by atoms with Crippen LogP contribution in [0.1, 0.15) is 29.3 Å². The summed E-state index contributed by atoms with van der Waals surface area (Å²) >= 11 is 9.48. The zero-order valence-electron chi connectivity index (χ0n) is 10.5. The fourth-order valence-electron chi connectivity index (χ4n) is 2.62. The van der Waals surface area contributed by atoms with Gasteiger partial charge in [-0.1, -0.05) is 30.3 Å². The zero-order valence-corrected chi connectivity index (χ0v) is 12.9. The van der Waals surface area contributed by atoms with Crippen LogP contribution in [0.2, 0.25) is 0 Å². The van der Waals surface area contributed by atoms with Gasteiger partial charge < -0.3 is 0 Å². The van der Waals surface area contributed by atoms with E-state index in [0.717, 1.165) is 24.5 Å². The molecule has 104 valence electrons. The first-order valence-corrected chi connectivity index (χ1v) is 7.61. The highest BCUT2D eigenvalue weighted by molar-refractivity contribution is 9.10. The van der Waals surface area contributed by atoms with Crippen molar-refractivity contribution in [1.29, 1.82) is 0 Å². The molecule has 20 heavy (non-hydrogen) atoms. The lowest BCUT2D eigenvalue weighted by Crippen LogP contribution is -2.15. The van der Waals surface area contributed by atoms with Gasteiger partial charge in [0.1, 0.15) is 11.6 Å². The summed E-state index contributed by atoms with van der Waals surface area (Å²) in [6.07, 6.45) is 1.78. The zero-order chi connectivity index (χ0) is 14.3. The van der Waals surface area contributed by atoms with Gasteiger partial charge in [0, 0.05) is 11.0 Å². The second-order valence-corrected chi connectivity index (χ2v) is 6.46. The minimum absolute atomic E-state index is 0.118. The summed E-state index contributed by atoms with van der Waals surface area (Å²) in [5.74, 6) is -0.962. The van der Waals surface area contributed by atoms with Crippen molar-refractivity contribution in [3.05, 3.63) is 69.7 Å². The molecule has 0 bridgehead atoms. The van der Waals surface area contributed by atoms with Crippen LogP contribution in [0.3, 0.4) is 0 Å². The van der Waals surface area contributed by atoms with E-state index in [9.17, 15) is 8.78 Å². The summed E-state index contributed by atoms with van der Waals surface area (Å²) in [6.45, 7) is 0. The summed E-state index contributed by atoms with van der Waals surface area (Å²) in [5, 5.41) is -0.563. The molecule has 1 aliphatic carbocycles. The van der Waals surface area contributed by atoms with Gasteiger partial charge in [-0.3, -0.25) is 0 Å². The van der Waals surface area contributed by atoms with Crippen LogP contribution in [0.5, 0.6) is 0 Å². The maximum absolute atomic E-state index is 14.1. The van der Waals surface area contributed by atoms with Crippen LogP contribution in [0.4, 0.5) is 8.78 Å². The average Bonchev–Trinajstić information content (AvgIpc) is 3.25. The molecule has 0 N–H and O–H groups in total. The lowest BCUT2D eigenvalue weighted by Gasteiger charge is -2.23. The predicted molar refractivity (Wildman–Crippen MR) is 80.0 cm³/mol. The first-order chi connectivity index (χ1) is 9.54. The third-order valence-electron chi connectivity index (χ3n) is 3.94. The Morgan fingerprint density at radius 2 is 1.70 bits per heavy atom. The average molecular weight is 358 g/mol. The Morgan fingerprint density at radius 1 is 1.05 bits per heavy atom. The van der Waals surface area contributed by atoms with Crippen LogP contribution in [0, 0.1) is 11.6 Å². The van der Waals surface area contributed by atoms with Crippen LogP contribution >= 0.6 is 27.5 Å². The first-order valence-electron chi connectivity index (χ1n) is 6.39. The van der Waals surface area contributed by atoms with Crippen molar-refractivity contribution >= 4 is 27.5 Å². The van der Waals surface area contributed by atoms with E-state index in [1.165, 1.54) is 6.07 Å². The summed E-state index contributed by atoms with van der Waals surface area (Å²) in [6, 6.07) is 12.1. The molecule has 0 amide bonds. The molecule has 2 aromatic rings. The van der Waals surface area contributed by atoms with Crippen LogP contribution in [-0.2, 0) is 5.41 Å². The van der Waals surface area contributed by atoms with Gasteiger partial charge in [-0.2, -0.15) is 0 Å². The number of alkyl halides is 1. The summed E-state index contributed by atoms with van der Waals surface area (Å²) < 4.78 is 27.8. The molecule has 4 heteroatoms. The molecule has 0 heterocycles. The van der Waals surface area contributed by atoms with Crippen LogP contribution in [0.25, 0.3) is 0 Å². The van der Waals surface area contributed by atoms with Gasteiger partial charge in [-0.15, -0.1) is 11.6 Å². The molecule has 0 aliphatic heterocycles. The molecule has 3 rings (SSSR count). The SMILES string of the molecule is Fc1cc(C(Cl)C2(c3ccccc3)CC2)c(F)cc1Br. The standard InChI is InChI=1S/C16H12BrClF2/c17-12-9-13(19)11(8-14(12)20)15(18)16(6-7-16)10-4-2-1-3-5-10/h1-5,8-9,15H,6-7H2. The number of rotatable bonds is 3. The molecular weight excluding hydrogens is 346 g/mol. The first kappa shape index (κ1) is 14.0. The molecule has 1 unspecified atom stereocenters. The van der Waals surface area contributed by atoms with Gasteiger partial charge in [0.25, 0.3) is 0 Å². The molecule has 0 nitrogen and oxygen atoms in total. The molecule has 0 radical (unpaired) electrons. The number of halogens is 4. The minimum Gasteiger partial charge on any atom is -0.207 e. The minimum atomic E-state index is -0.563. The second-order valence-electron chi connectivity index (χ2n) is 5.17. The summed E-state index contributed by atoms with van der Waals surface area (Å²) in [7, 11) is 0. The third kappa shape index (κ3) is 2.27. The molecule has 1 fully saturated rings. The van der Waals surface area contributed by atoms with Gasteiger partial charge in [0.2, 0.25) is 0 Å².